The summed E-state index contributed by atoms with van der Waals surface area (Å²) in [5.74, 6) is 1.18. The molecule has 3 aromatic rings. The third-order valence-corrected chi connectivity index (χ3v) is 8.42. The molecule has 36 heavy (non-hydrogen) atoms. The SMILES string of the molecule is O=C(COc1cccc(N2C(=O)[C@@H]3[C@@H]4C=C[C@H]([C@@H]5C[C@H]45)[C@H]3C2=O)c1)c1ccc(-c2ccccc2)cc1. The van der Waals surface area contributed by atoms with Gasteiger partial charge in [-0.2, -0.15) is 0 Å². The average Bonchev–Trinajstić information content (AvgIpc) is 3.71. The topological polar surface area (TPSA) is 63.7 Å². The van der Waals surface area contributed by atoms with Gasteiger partial charge < -0.3 is 4.74 Å². The Kier molecular flexibility index (Phi) is 4.75. The summed E-state index contributed by atoms with van der Waals surface area (Å²) in [6, 6.07) is 24.4. The van der Waals surface area contributed by atoms with Gasteiger partial charge in [-0.1, -0.05) is 72.8 Å². The van der Waals surface area contributed by atoms with E-state index in [1.54, 1.807) is 36.4 Å². The lowest BCUT2D eigenvalue weighted by molar-refractivity contribution is -0.124. The van der Waals surface area contributed by atoms with Crippen molar-refractivity contribution in [3.63, 3.8) is 0 Å². The van der Waals surface area contributed by atoms with Gasteiger partial charge in [0.15, 0.2) is 12.4 Å². The number of hydrogen-bond acceptors (Lipinski definition) is 4. The van der Waals surface area contributed by atoms with E-state index in [1.165, 1.54) is 4.90 Å². The zero-order chi connectivity index (χ0) is 24.4. The highest BCUT2D eigenvalue weighted by atomic mass is 16.5. The van der Waals surface area contributed by atoms with Crippen LogP contribution < -0.4 is 9.64 Å². The number of nitrogens with zero attached hydrogens (tertiary/aromatic N) is 1. The first-order valence-corrected chi connectivity index (χ1v) is 12.6. The van der Waals surface area contributed by atoms with Crippen molar-refractivity contribution in [2.24, 2.45) is 35.5 Å². The highest BCUT2D eigenvalue weighted by Gasteiger charge is 2.67. The summed E-state index contributed by atoms with van der Waals surface area (Å²) < 4.78 is 5.79. The Bertz CT molecular complexity index is 1370. The van der Waals surface area contributed by atoms with Crippen LogP contribution in [0.15, 0.2) is 91.0 Å². The van der Waals surface area contributed by atoms with Gasteiger partial charge in [-0.15, -0.1) is 0 Å². The number of imide groups is 1. The molecule has 0 N–H and O–H groups in total. The molecule has 1 heterocycles. The third-order valence-electron chi connectivity index (χ3n) is 8.42. The first-order valence-electron chi connectivity index (χ1n) is 12.6. The van der Waals surface area contributed by atoms with Crippen molar-refractivity contribution in [1.82, 2.24) is 0 Å². The van der Waals surface area contributed by atoms with E-state index in [9.17, 15) is 14.4 Å². The predicted molar refractivity (Wildman–Crippen MR) is 135 cm³/mol. The maximum Gasteiger partial charge on any atom is 0.238 e. The van der Waals surface area contributed by atoms with E-state index < -0.39 is 0 Å². The second-order valence-electron chi connectivity index (χ2n) is 10.3. The van der Waals surface area contributed by atoms with Gasteiger partial charge in [0.1, 0.15) is 5.75 Å². The number of carbonyl (C=O) groups is 3. The van der Waals surface area contributed by atoms with E-state index in [-0.39, 0.29) is 47.9 Å². The maximum atomic E-state index is 13.4. The second-order valence-corrected chi connectivity index (χ2v) is 10.3. The van der Waals surface area contributed by atoms with E-state index in [4.69, 9.17) is 4.74 Å². The molecule has 2 bridgehead atoms. The molecule has 1 aliphatic heterocycles. The van der Waals surface area contributed by atoms with Crippen molar-refractivity contribution >= 4 is 23.3 Å². The summed E-state index contributed by atoms with van der Waals surface area (Å²) in [4.78, 5) is 40.8. The monoisotopic (exact) mass is 475 g/mol. The van der Waals surface area contributed by atoms with Gasteiger partial charge in [-0.05, 0) is 53.4 Å². The van der Waals surface area contributed by atoms with Gasteiger partial charge in [0, 0.05) is 11.6 Å². The molecule has 4 aliphatic carbocycles. The van der Waals surface area contributed by atoms with E-state index in [0.29, 0.717) is 28.8 Å². The zero-order valence-corrected chi connectivity index (χ0v) is 19.6. The molecule has 0 radical (unpaired) electrons. The standard InChI is InChI=1S/C31H25NO4/c33-27(20-11-9-19(10-12-20)18-5-2-1-3-6-18)17-36-22-8-4-7-21(15-22)32-30(34)28-23-13-14-24(26-16-25(23)26)29(28)31(32)35/h1-15,23-26,28-29H,16-17H2/t23-,24-,25-,26+,28-,29-/m1/s1. The van der Waals surface area contributed by atoms with Gasteiger partial charge >= 0.3 is 0 Å². The fraction of sp³-hybridized carbons (Fsp3) is 0.258. The normalized spacial score (nSPS) is 29.2. The lowest BCUT2D eigenvalue weighted by atomic mass is 9.63. The maximum absolute atomic E-state index is 13.4. The van der Waals surface area contributed by atoms with Crippen molar-refractivity contribution in [2.75, 3.05) is 11.5 Å². The van der Waals surface area contributed by atoms with Crippen LogP contribution in [0.4, 0.5) is 5.69 Å². The molecule has 3 fully saturated rings. The van der Waals surface area contributed by atoms with E-state index >= 15 is 0 Å². The molecular weight excluding hydrogens is 450 g/mol. The van der Waals surface area contributed by atoms with Crippen molar-refractivity contribution in [2.45, 2.75) is 6.42 Å². The molecular formula is C31H25NO4. The Labute approximate surface area is 209 Å². The fourth-order valence-corrected chi connectivity index (χ4v) is 6.64. The minimum atomic E-state index is -0.235. The Hall–Kier alpha value is -3.99. The van der Waals surface area contributed by atoms with Crippen LogP contribution in [0.1, 0.15) is 16.8 Å². The smallest absolute Gasteiger partial charge is 0.238 e. The van der Waals surface area contributed by atoms with E-state index in [1.807, 2.05) is 42.5 Å². The molecule has 5 heteroatoms. The Morgan fingerprint density at radius 2 is 1.42 bits per heavy atom. The Morgan fingerprint density at radius 1 is 0.778 bits per heavy atom. The van der Waals surface area contributed by atoms with Gasteiger partial charge in [0.05, 0.1) is 17.5 Å². The largest absolute Gasteiger partial charge is 0.485 e. The number of carbonyl (C=O) groups excluding carboxylic acids is 3. The molecule has 5 aliphatic rings. The van der Waals surface area contributed by atoms with Crippen molar-refractivity contribution < 1.29 is 19.1 Å². The van der Waals surface area contributed by atoms with Crippen LogP contribution in [-0.2, 0) is 9.59 Å². The zero-order valence-electron chi connectivity index (χ0n) is 19.6. The number of ketones is 1. The highest BCUT2D eigenvalue weighted by molar-refractivity contribution is 6.22. The number of rotatable bonds is 6. The lowest BCUT2D eigenvalue weighted by Gasteiger charge is -2.37. The number of amides is 2. The molecule has 6 atom stereocenters. The number of allylic oxidation sites excluding steroid dienone is 2. The lowest BCUT2D eigenvalue weighted by Crippen LogP contribution is -2.40. The number of Topliss-reactive ketones (excluding diaryl/α,β-unsaturated/α-hetero) is 1. The number of anilines is 1. The molecule has 8 rings (SSSR count). The van der Waals surface area contributed by atoms with Gasteiger partial charge in [0.25, 0.3) is 0 Å². The first kappa shape index (κ1) is 21.3. The molecule has 178 valence electrons. The predicted octanol–water partition coefficient (Wildman–Crippen LogP) is 5.17. The van der Waals surface area contributed by atoms with Crippen LogP contribution in [0, 0.1) is 35.5 Å². The quantitative estimate of drug-likeness (QED) is 0.280. The molecule has 3 aromatic carbocycles. The van der Waals surface area contributed by atoms with E-state index in [0.717, 1.165) is 17.5 Å². The van der Waals surface area contributed by atoms with Gasteiger partial charge in [-0.3, -0.25) is 14.4 Å². The minimum absolute atomic E-state index is 0.0959. The Morgan fingerprint density at radius 3 is 2.08 bits per heavy atom. The molecule has 0 spiro atoms. The highest BCUT2D eigenvalue weighted by Crippen LogP contribution is 2.65. The summed E-state index contributed by atoms with van der Waals surface area (Å²) >= 11 is 0. The van der Waals surface area contributed by atoms with Crippen LogP contribution in [-0.4, -0.2) is 24.2 Å². The second kappa shape index (κ2) is 8.02. The third kappa shape index (κ3) is 3.26. The van der Waals surface area contributed by atoms with E-state index in [2.05, 4.69) is 12.2 Å². The minimum Gasteiger partial charge on any atom is -0.485 e. The van der Waals surface area contributed by atoms with Gasteiger partial charge in [-0.25, -0.2) is 4.90 Å². The summed E-state index contributed by atoms with van der Waals surface area (Å²) in [5, 5.41) is 0. The van der Waals surface area contributed by atoms with Crippen LogP contribution >= 0.6 is 0 Å². The summed E-state index contributed by atoms with van der Waals surface area (Å²) in [6.07, 6.45) is 5.49. The van der Waals surface area contributed by atoms with Crippen LogP contribution in [0.3, 0.4) is 0 Å². The molecule has 1 saturated heterocycles. The number of ether oxygens (including phenoxy) is 1. The summed E-state index contributed by atoms with van der Waals surface area (Å²) in [7, 11) is 0. The Balaban J connectivity index is 1.05. The van der Waals surface area contributed by atoms with Crippen LogP contribution in [0.5, 0.6) is 5.75 Å². The van der Waals surface area contributed by atoms with Crippen molar-refractivity contribution in [1.29, 1.82) is 0 Å². The molecule has 0 aromatic heterocycles. The first-order chi connectivity index (χ1) is 17.6. The fourth-order valence-electron chi connectivity index (χ4n) is 6.64. The summed E-state index contributed by atoms with van der Waals surface area (Å²) in [5.41, 5.74) is 3.23. The van der Waals surface area contributed by atoms with Crippen molar-refractivity contribution in [3.05, 3.63) is 96.6 Å². The van der Waals surface area contributed by atoms with Crippen LogP contribution in [0.25, 0.3) is 11.1 Å². The molecule has 0 unspecified atom stereocenters. The number of benzene rings is 3. The van der Waals surface area contributed by atoms with Gasteiger partial charge in [0.2, 0.25) is 11.8 Å². The molecule has 2 amide bonds. The molecule has 5 nitrogen and oxygen atoms in total. The van der Waals surface area contributed by atoms with Crippen molar-refractivity contribution in [3.8, 4) is 16.9 Å². The average molecular weight is 476 g/mol. The molecule has 2 saturated carbocycles. The summed E-state index contributed by atoms with van der Waals surface area (Å²) in [6.45, 7) is -0.126. The number of hydrogen-bond donors (Lipinski definition) is 0. The van der Waals surface area contributed by atoms with Crippen LogP contribution in [0.2, 0.25) is 0 Å².